The second kappa shape index (κ2) is 7.09. The number of unbranched alkanes of at least 4 members (excludes halogenated alkanes) is 1. The van der Waals surface area contributed by atoms with Crippen LogP contribution in [0.1, 0.15) is 31.4 Å². The molecule has 20 heavy (non-hydrogen) atoms. The minimum atomic E-state index is -0.605. The first-order valence-corrected chi connectivity index (χ1v) is 6.59. The molecule has 6 heteroatoms. The van der Waals surface area contributed by atoms with Crippen molar-refractivity contribution in [1.29, 1.82) is 0 Å². The molecule has 108 valence electrons. The minimum absolute atomic E-state index is 0.331. The molecule has 2 aromatic rings. The Balaban J connectivity index is 2.15. The first-order valence-electron chi connectivity index (χ1n) is 6.59. The zero-order valence-electron chi connectivity index (χ0n) is 11.3. The molecule has 1 aromatic heterocycles. The second-order valence-electron chi connectivity index (χ2n) is 4.50. The standard InChI is InChI=1S/C14H17F2N3O/c1-2-3-6-20-14(8-19-10-17-9-18-19)12-5-4-11(15)7-13(12)16/h4-5,7,9-10,14H,2-3,6,8H2,1H3. The topological polar surface area (TPSA) is 39.9 Å². The smallest absolute Gasteiger partial charge is 0.137 e. The highest BCUT2D eigenvalue weighted by atomic mass is 19.1. The molecule has 0 N–H and O–H groups in total. The van der Waals surface area contributed by atoms with E-state index in [0.29, 0.717) is 18.7 Å². The van der Waals surface area contributed by atoms with Crippen LogP contribution in [-0.2, 0) is 11.3 Å². The SMILES string of the molecule is CCCCOC(Cn1cncn1)c1ccc(F)cc1F. The Labute approximate surface area is 116 Å². The van der Waals surface area contributed by atoms with E-state index in [1.165, 1.54) is 24.8 Å². The molecule has 0 bridgehead atoms. The normalized spacial score (nSPS) is 12.6. The van der Waals surface area contributed by atoms with Gasteiger partial charge in [-0.1, -0.05) is 19.4 Å². The van der Waals surface area contributed by atoms with E-state index in [-0.39, 0.29) is 0 Å². The van der Waals surface area contributed by atoms with Crippen molar-refractivity contribution in [3.63, 3.8) is 0 Å². The van der Waals surface area contributed by atoms with Crippen molar-refractivity contribution in [2.24, 2.45) is 0 Å². The largest absolute Gasteiger partial charge is 0.371 e. The molecule has 1 unspecified atom stereocenters. The van der Waals surface area contributed by atoms with Crippen LogP contribution in [-0.4, -0.2) is 21.4 Å². The fourth-order valence-electron chi connectivity index (χ4n) is 1.87. The lowest BCUT2D eigenvalue weighted by Gasteiger charge is -2.18. The molecule has 1 heterocycles. The molecule has 1 atom stereocenters. The number of hydrogen-bond acceptors (Lipinski definition) is 3. The Kier molecular flexibility index (Phi) is 5.17. The van der Waals surface area contributed by atoms with E-state index < -0.39 is 17.7 Å². The monoisotopic (exact) mass is 281 g/mol. The summed E-state index contributed by atoms with van der Waals surface area (Å²) in [5.41, 5.74) is 0.331. The van der Waals surface area contributed by atoms with Crippen LogP contribution in [0.15, 0.2) is 30.9 Å². The lowest BCUT2D eigenvalue weighted by Crippen LogP contribution is -2.15. The molecule has 0 spiro atoms. The molecule has 0 aliphatic rings. The van der Waals surface area contributed by atoms with Crippen LogP contribution in [0.25, 0.3) is 0 Å². The molecule has 2 rings (SSSR count). The Morgan fingerprint density at radius 3 is 2.85 bits per heavy atom. The second-order valence-corrected chi connectivity index (χ2v) is 4.50. The molecule has 0 saturated heterocycles. The molecule has 1 aromatic carbocycles. The van der Waals surface area contributed by atoms with Crippen LogP contribution in [0.3, 0.4) is 0 Å². The van der Waals surface area contributed by atoms with E-state index in [1.54, 1.807) is 4.68 Å². The predicted molar refractivity (Wildman–Crippen MR) is 70.0 cm³/mol. The first-order chi connectivity index (χ1) is 9.70. The first kappa shape index (κ1) is 14.6. The Morgan fingerprint density at radius 2 is 2.20 bits per heavy atom. The number of rotatable bonds is 7. The number of halogens is 2. The predicted octanol–water partition coefficient (Wildman–Crippen LogP) is 3.11. The van der Waals surface area contributed by atoms with Crippen molar-refractivity contribution in [3.8, 4) is 0 Å². The number of ether oxygens (including phenoxy) is 1. The molecular weight excluding hydrogens is 264 g/mol. The summed E-state index contributed by atoms with van der Waals surface area (Å²) in [5, 5.41) is 3.99. The Morgan fingerprint density at radius 1 is 1.35 bits per heavy atom. The molecule has 0 aliphatic heterocycles. The van der Waals surface area contributed by atoms with Crippen molar-refractivity contribution >= 4 is 0 Å². The molecule has 0 saturated carbocycles. The zero-order chi connectivity index (χ0) is 14.4. The minimum Gasteiger partial charge on any atom is -0.371 e. The van der Waals surface area contributed by atoms with Gasteiger partial charge >= 0.3 is 0 Å². The third-order valence-electron chi connectivity index (χ3n) is 2.95. The van der Waals surface area contributed by atoms with Crippen LogP contribution in [0, 0.1) is 11.6 Å². The third-order valence-corrected chi connectivity index (χ3v) is 2.95. The van der Waals surface area contributed by atoms with Crippen LogP contribution in [0.2, 0.25) is 0 Å². The summed E-state index contributed by atoms with van der Waals surface area (Å²) in [6.45, 7) is 2.91. The van der Waals surface area contributed by atoms with Gasteiger partial charge in [-0.25, -0.2) is 13.8 Å². The van der Waals surface area contributed by atoms with Crippen molar-refractivity contribution in [3.05, 3.63) is 48.1 Å². The molecule has 4 nitrogen and oxygen atoms in total. The summed E-state index contributed by atoms with van der Waals surface area (Å²) in [6, 6.07) is 3.51. The number of hydrogen-bond donors (Lipinski definition) is 0. The van der Waals surface area contributed by atoms with Gasteiger partial charge in [0.05, 0.1) is 6.54 Å². The van der Waals surface area contributed by atoms with Gasteiger partial charge in [0.2, 0.25) is 0 Å². The summed E-state index contributed by atoms with van der Waals surface area (Å²) in [7, 11) is 0. The summed E-state index contributed by atoms with van der Waals surface area (Å²) in [5.74, 6) is -1.20. The maximum absolute atomic E-state index is 13.9. The highest BCUT2D eigenvalue weighted by Gasteiger charge is 2.18. The third kappa shape index (κ3) is 3.84. The van der Waals surface area contributed by atoms with E-state index in [0.717, 1.165) is 18.9 Å². The van der Waals surface area contributed by atoms with Crippen molar-refractivity contribution in [1.82, 2.24) is 14.8 Å². The lowest BCUT2D eigenvalue weighted by atomic mass is 10.1. The zero-order valence-corrected chi connectivity index (χ0v) is 11.3. The van der Waals surface area contributed by atoms with Gasteiger partial charge in [0.1, 0.15) is 30.4 Å². The van der Waals surface area contributed by atoms with Crippen LogP contribution in [0.5, 0.6) is 0 Å². The van der Waals surface area contributed by atoms with Gasteiger partial charge in [0.15, 0.2) is 0 Å². The number of aromatic nitrogens is 3. The van der Waals surface area contributed by atoms with E-state index in [1.807, 2.05) is 6.92 Å². The lowest BCUT2D eigenvalue weighted by molar-refractivity contribution is 0.0339. The molecular formula is C14H17F2N3O. The van der Waals surface area contributed by atoms with Gasteiger partial charge < -0.3 is 4.74 Å². The summed E-state index contributed by atoms with van der Waals surface area (Å²) in [4.78, 5) is 3.84. The van der Waals surface area contributed by atoms with E-state index in [2.05, 4.69) is 10.1 Å². The molecule has 0 radical (unpaired) electrons. The van der Waals surface area contributed by atoms with Gasteiger partial charge in [0.25, 0.3) is 0 Å². The van der Waals surface area contributed by atoms with Crippen molar-refractivity contribution in [2.45, 2.75) is 32.4 Å². The Hall–Kier alpha value is -1.82. The number of benzene rings is 1. The van der Waals surface area contributed by atoms with E-state index in [9.17, 15) is 8.78 Å². The summed E-state index contributed by atoms with van der Waals surface area (Å²) >= 11 is 0. The highest BCUT2D eigenvalue weighted by Crippen LogP contribution is 2.23. The maximum atomic E-state index is 13.9. The molecule has 0 fully saturated rings. The van der Waals surface area contributed by atoms with Gasteiger partial charge in [-0.05, 0) is 12.5 Å². The Bertz CT molecular complexity index is 531. The van der Waals surface area contributed by atoms with Gasteiger partial charge in [0, 0.05) is 18.2 Å². The average molecular weight is 281 g/mol. The van der Waals surface area contributed by atoms with Crippen molar-refractivity contribution < 1.29 is 13.5 Å². The number of nitrogens with zero attached hydrogens (tertiary/aromatic N) is 3. The van der Waals surface area contributed by atoms with Gasteiger partial charge in [-0.15, -0.1) is 0 Å². The fourth-order valence-corrected chi connectivity index (χ4v) is 1.87. The average Bonchev–Trinajstić information content (AvgIpc) is 2.91. The summed E-state index contributed by atoms with van der Waals surface area (Å²) < 4.78 is 34.1. The van der Waals surface area contributed by atoms with Crippen LogP contribution < -0.4 is 0 Å². The molecule has 0 aliphatic carbocycles. The van der Waals surface area contributed by atoms with Crippen LogP contribution in [0.4, 0.5) is 8.78 Å². The van der Waals surface area contributed by atoms with Gasteiger partial charge in [-0.3, -0.25) is 4.68 Å². The van der Waals surface area contributed by atoms with Gasteiger partial charge in [-0.2, -0.15) is 5.10 Å². The van der Waals surface area contributed by atoms with Crippen molar-refractivity contribution in [2.75, 3.05) is 6.61 Å². The van der Waals surface area contributed by atoms with E-state index >= 15 is 0 Å². The summed E-state index contributed by atoms with van der Waals surface area (Å²) in [6.07, 6.45) is 4.31. The fraction of sp³-hybridized carbons (Fsp3) is 0.429. The molecule has 0 amide bonds. The quantitative estimate of drug-likeness (QED) is 0.732. The maximum Gasteiger partial charge on any atom is 0.137 e. The van der Waals surface area contributed by atoms with Crippen LogP contribution >= 0.6 is 0 Å². The van der Waals surface area contributed by atoms with E-state index in [4.69, 9.17) is 4.74 Å². The highest BCUT2D eigenvalue weighted by molar-refractivity contribution is 5.21.